The number of hydrogen-bond donors (Lipinski definition) is 0. The number of rotatable bonds is 4. The molecule has 0 saturated carbocycles. The molecule has 3 aromatic heterocycles. The number of ether oxygens (including phenoxy) is 1. The summed E-state index contributed by atoms with van der Waals surface area (Å²) in [6.45, 7) is 4.65. The summed E-state index contributed by atoms with van der Waals surface area (Å²) in [5.41, 5.74) is 3.81. The normalized spacial score (nSPS) is 14.7. The first-order chi connectivity index (χ1) is 15.7. The molecule has 9 heteroatoms. The highest BCUT2D eigenvalue weighted by atomic mass is 16.5. The number of morpholine rings is 1. The van der Waals surface area contributed by atoms with Gasteiger partial charge in [0.2, 0.25) is 5.95 Å². The van der Waals surface area contributed by atoms with E-state index in [1.807, 2.05) is 54.9 Å². The van der Waals surface area contributed by atoms with Crippen LogP contribution in [0.2, 0.25) is 0 Å². The van der Waals surface area contributed by atoms with Crippen molar-refractivity contribution in [3.63, 3.8) is 0 Å². The number of aromatic nitrogens is 6. The van der Waals surface area contributed by atoms with Crippen molar-refractivity contribution in [2.24, 2.45) is 7.05 Å². The van der Waals surface area contributed by atoms with Crippen LogP contribution in [0.5, 0.6) is 0 Å². The molecule has 4 heterocycles. The molecule has 1 saturated heterocycles. The highest BCUT2D eigenvalue weighted by molar-refractivity contribution is 5.90. The van der Waals surface area contributed by atoms with Crippen molar-refractivity contribution in [3.05, 3.63) is 59.7 Å². The van der Waals surface area contributed by atoms with Crippen LogP contribution in [0, 0.1) is 18.3 Å². The summed E-state index contributed by atoms with van der Waals surface area (Å²) in [6, 6.07) is 14.1. The first-order valence-corrected chi connectivity index (χ1v) is 10.4. The number of fused-ring (bicyclic) bond motifs is 1. The number of nitrogens with zero attached hydrogens (tertiary/aromatic N) is 8. The van der Waals surface area contributed by atoms with Gasteiger partial charge >= 0.3 is 0 Å². The summed E-state index contributed by atoms with van der Waals surface area (Å²) in [5.74, 6) is 1.19. The lowest BCUT2D eigenvalue weighted by molar-refractivity contribution is 0.122. The van der Waals surface area contributed by atoms with Crippen LogP contribution in [0.1, 0.15) is 17.1 Å². The Balaban J connectivity index is 1.63. The average molecular weight is 426 g/mol. The van der Waals surface area contributed by atoms with E-state index in [-0.39, 0.29) is 0 Å². The third-order valence-electron chi connectivity index (χ3n) is 5.51. The number of anilines is 1. The molecule has 160 valence electrons. The molecule has 1 aliphatic heterocycles. The number of pyridine rings is 1. The molecule has 32 heavy (non-hydrogen) atoms. The second-order valence-electron chi connectivity index (χ2n) is 7.61. The van der Waals surface area contributed by atoms with Crippen LogP contribution in [0.3, 0.4) is 0 Å². The van der Waals surface area contributed by atoms with E-state index in [1.165, 1.54) is 0 Å². The minimum atomic E-state index is 0.406. The van der Waals surface area contributed by atoms with Gasteiger partial charge in [-0.1, -0.05) is 18.2 Å². The fourth-order valence-electron chi connectivity index (χ4n) is 3.95. The molecule has 0 spiro atoms. The van der Waals surface area contributed by atoms with Gasteiger partial charge in [0.15, 0.2) is 11.5 Å². The van der Waals surface area contributed by atoms with Crippen molar-refractivity contribution in [2.45, 2.75) is 6.92 Å². The molecule has 1 fully saturated rings. The zero-order valence-corrected chi connectivity index (χ0v) is 17.9. The highest BCUT2D eigenvalue weighted by Gasteiger charge is 2.23. The minimum absolute atomic E-state index is 0.406. The Morgan fingerprint density at radius 3 is 2.69 bits per heavy atom. The fraction of sp³-hybridized carbons (Fsp3) is 0.261. The van der Waals surface area contributed by atoms with Crippen molar-refractivity contribution in [3.8, 4) is 11.8 Å². The van der Waals surface area contributed by atoms with E-state index < -0.39 is 0 Å². The van der Waals surface area contributed by atoms with E-state index in [4.69, 9.17) is 4.74 Å². The molecule has 0 bridgehead atoms. The molecule has 0 atom stereocenters. The van der Waals surface area contributed by atoms with E-state index in [0.717, 1.165) is 41.1 Å². The first-order valence-electron chi connectivity index (χ1n) is 10.4. The summed E-state index contributed by atoms with van der Waals surface area (Å²) in [4.78, 5) is 6.66. The largest absolute Gasteiger partial charge is 0.378 e. The minimum Gasteiger partial charge on any atom is -0.378 e. The lowest BCUT2D eigenvalue weighted by Gasteiger charge is -2.28. The Bertz CT molecular complexity index is 1340. The molecule has 4 aromatic rings. The second kappa shape index (κ2) is 8.24. The number of aryl methyl sites for hydroxylation is 2. The van der Waals surface area contributed by atoms with Crippen molar-refractivity contribution in [2.75, 3.05) is 31.2 Å². The smallest absolute Gasteiger partial charge is 0.232 e. The third-order valence-corrected chi connectivity index (χ3v) is 5.51. The molecule has 9 nitrogen and oxygen atoms in total. The third kappa shape index (κ3) is 3.50. The molecular weight excluding hydrogens is 404 g/mol. The van der Waals surface area contributed by atoms with Gasteiger partial charge in [0.05, 0.1) is 30.2 Å². The number of benzene rings is 1. The van der Waals surface area contributed by atoms with Crippen LogP contribution in [0.15, 0.2) is 42.6 Å². The van der Waals surface area contributed by atoms with Crippen LogP contribution in [0.4, 0.5) is 5.95 Å². The van der Waals surface area contributed by atoms with Crippen molar-refractivity contribution >= 4 is 28.6 Å². The Kier molecular flexibility index (Phi) is 5.13. The molecular formula is C23H22N8O. The molecule has 0 aliphatic carbocycles. The molecule has 0 unspecified atom stereocenters. The average Bonchev–Trinajstić information content (AvgIpc) is 3.39. The molecule has 1 aliphatic rings. The van der Waals surface area contributed by atoms with Crippen molar-refractivity contribution < 1.29 is 4.74 Å². The van der Waals surface area contributed by atoms with Gasteiger partial charge in [0.1, 0.15) is 6.07 Å². The van der Waals surface area contributed by atoms with Gasteiger partial charge in [-0.05, 0) is 36.8 Å². The summed E-state index contributed by atoms with van der Waals surface area (Å²) >= 11 is 0. The Hall–Kier alpha value is -4.03. The fourth-order valence-corrected chi connectivity index (χ4v) is 3.95. The maximum Gasteiger partial charge on any atom is 0.232 e. The maximum absolute atomic E-state index is 10.0. The van der Waals surface area contributed by atoms with E-state index in [2.05, 4.69) is 31.2 Å². The van der Waals surface area contributed by atoms with Gasteiger partial charge in [-0.15, -0.1) is 10.2 Å². The highest BCUT2D eigenvalue weighted by Crippen LogP contribution is 2.27. The predicted molar refractivity (Wildman–Crippen MR) is 121 cm³/mol. The zero-order chi connectivity index (χ0) is 22.1. The van der Waals surface area contributed by atoms with Crippen molar-refractivity contribution in [1.29, 1.82) is 5.26 Å². The summed E-state index contributed by atoms with van der Waals surface area (Å²) in [5, 5.41) is 24.3. The second-order valence-corrected chi connectivity index (χ2v) is 7.61. The van der Waals surface area contributed by atoms with E-state index in [9.17, 15) is 5.26 Å². The quantitative estimate of drug-likeness (QED) is 0.463. The van der Waals surface area contributed by atoms with Gasteiger partial charge < -0.3 is 9.64 Å². The molecule has 0 N–H and O–H groups in total. The van der Waals surface area contributed by atoms with Gasteiger partial charge in [-0.2, -0.15) is 10.4 Å². The molecule has 5 rings (SSSR count). The molecule has 0 radical (unpaired) electrons. The summed E-state index contributed by atoms with van der Waals surface area (Å²) in [7, 11) is 1.87. The topological polar surface area (TPSA) is 97.7 Å². The van der Waals surface area contributed by atoms with E-state index in [1.54, 1.807) is 17.0 Å². The van der Waals surface area contributed by atoms with Gasteiger partial charge in [-0.3, -0.25) is 9.25 Å². The maximum atomic E-state index is 10.0. The van der Waals surface area contributed by atoms with Crippen molar-refractivity contribution in [1.82, 2.24) is 29.5 Å². The number of hydrogen-bond acceptors (Lipinski definition) is 7. The lowest BCUT2D eigenvalue weighted by Crippen LogP contribution is -2.38. The standard InChI is InChI=1S/C23H22N8O/c1-16-20-13-17(15-25-22(20)29(2)28-16)12-18(14-24)21-26-27-23(30-8-10-32-11-9-30)31(21)19-6-4-3-5-7-19/h3-7,12-13,15H,8-11H2,1-2H3/b18-12-. The van der Waals surface area contributed by atoms with E-state index >= 15 is 0 Å². The number of allylic oxidation sites excluding steroid dienone is 1. The van der Waals surface area contributed by atoms with Crippen LogP contribution in [0.25, 0.3) is 28.4 Å². The van der Waals surface area contributed by atoms with Gasteiger partial charge in [-0.25, -0.2) is 4.98 Å². The Morgan fingerprint density at radius 1 is 1.16 bits per heavy atom. The molecule has 0 amide bonds. The van der Waals surface area contributed by atoms with Crippen LogP contribution < -0.4 is 4.90 Å². The Morgan fingerprint density at radius 2 is 1.94 bits per heavy atom. The monoisotopic (exact) mass is 426 g/mol. The Labute approximate surface area is 185 Å². The predicted octanol–water partition coefficient (Wildman–Crippen LogP) is 2.76. The SMILES string of the molecule is Cc1nn(C)c2ncc(/C=C(/C#N)c3nnc(N4CCOCC4)n3-c3ccccc3)cc12. The zero-order valence-electron chi connectivity index (χ0n) is 17.9. The summed E-state index contributed by atoms with van der Waals surface area (Å²) in [6.07, 6.45) is 3.54. The van der Waals surface area contributed by atoms with Crippen LogP contribution in [-0.4, -0.2) is 55.8 Å². The lowest BCUT2D eigenvalue weighted by atomic mass is 10.1. The van der Waals surface area contributed by atoms with Gasteiger partial charge in [0.25, 0.3) is 0 Å². The van der Waals surface area contributed by atoms with Gasteiger partial charge in [0, 0.05) is 31.7 Å². The van der Waals surface area contributed by atoms with Crippen LogP contribution in [-0.2, 0) is 11.8 Å². The molecule has 1 aromatic carbocycles. The first kappa shape index (κ1) is 19.9. The van der Waals surface area contributed by atoms with E-state index in [0.29, 0.717) is 30.6 Å². The summed E-state index contributed by atoms with van der Waals surface area (Å²) < 4.78 is 9.18. The number of nitriles is 1. The van der Waals surface area contributed by atoms with Crippen LogP contribution >= 0.6 is 0 Å². The number of para-hydroxylation sites is 1.